The molecule has 0 spiro atoms. The topological polar surface area (TPSA) is 22.1 Å². The number of pyridine rings is 1. The molecule has 2 rings (SSSR count). The molecule has 1 aliphatic rings. The lowest BCUT2D eigenvalue weighted by molar-refractivity contribution is 0.0347. The van der Waals surface area contributed by atoms with E-state index >= 15 is 0 Å². The molecule has 0 radical (unpaired) electrons. The standard InChI is InChI=1S/C18H25Cl2NO/c1-11-6-15(12(2)22-18(3,4)5)10-14(11)7-13-8-16(19)21-17(20)9-13/h8-9,11,14-15H,2,6-7,10H2,1,3-5H3. The highest BCUT2D eigenvalue weighted by Gasteiger charge is 2.34. The van der Waals surface area contributed by atoms with Gasteiger partial charge in [0.05, 0.1) is 5.76 Å². The van der Waals surface area contributed by atoms with Gasteiger partial charge in [-0.2, -0.15) is 0 Å². The molecule has 0 aromatic carbocycles. The molecule has 4 heteroatoms. The third-order valence-corrected chi connectivity index (χ3v) is 4.65. The molecule has 1 aromatic heterocycles. The van der Waals surface area contributed by atoms with Crippen LogP contribution >= 0.6 is 23.2 Å². The van der Waals surface area contributed by atoms with Crippen molar-refractivity contribution in [3.8, 4) is 0 Å². The smallest absolute Gasteiger partial charge is 0.131 e. The van der Waals surface area contributed by atoms with Crippen molar-refractivity contribution >= 4 is 23.2 Å². The molecule has 1 heterocycles. The van der Waals surface area contributed by atoms with Crippen LogP contribution in [-0.2, 0) is 11.2 Å². The van der Waals surface area contributed by atoms with Gasteiger partial charge in [-0.1, -0.05) is 36.7 Å². The Morgan fingerprint density at radius 1 is 1.27 bits per heavy atom. The molecular weight excluding hydrogens is 317 g/mol. The maximum Gasteiger partial charge on any atom is 0.131 e. The maximum absolute atomic E-state index is 5.99. The Labute approximate surface area is 143 Å². The van der Waals surface area contributed by atoms with Gasteiger partial charge < -0.3 is 4.74 Å². The average Bonchev–Trinajstić information content (AvgIpc) is 2.67. The lowest BCUT2D eigenvalue weighted by atomic mass is 9.91. The van der Waals surface area contributed by atoms with Gasteiger partial charge >= 0.3 is 0 Å². The van der Waals surface area contributed by atoms with Gasteiger partial charge in [0.25, 0.3) is 0 Å². The van der Waals surface area contributed by atoms with Crippen molar-refractivity contribution in [3.05, 3.63) is 40.3 Å². The highest BCUT2D eigenvalue weighted by Crippen LogP contribution is 2.42. The summed E-state index contributed by atoms with van der Waals surface area (Å²) in [5.41, 5.74) is 0.981. The van der Waals surface area contributed by atoms with Crippen LogP contribution in [0.3, 0.4) is 0 Å². The van der Waals surface area contributed by atoms with E-state index < -0.39 is 0 Å². The number of hydrogen-bond acceptors (Lipinski definition) is 2. The van der Waals surface area contributed by atoms with Gasteiger partial charge in [0, 0.05) is 5.92 Å². The summed E-state index contributed by atoms with van der Waals surface area (Å²) in [6, 6.07) is 3.82. The van der Waals surface area contributed by atoms with Crippen LogP contribution in [0.1, 0.15) is 46.1 Å². The molecule has 1 aromatic rings. The Hall–Kier alpha value is -0.730. The summed E-state index contributed by atoms with van der Waals surface area (Å²) < 4.78 is 5.96. The fourth-order valence-corrected chi connectivity index (χ4v) is 3.80. The second kappa shape index (κ2) is 6.80. The highest BCUT2D eigenvalue weighted by atomic mass is 35.5. The molecule has 0 N–H and O–H groups in total. The van der Waals surface area contributed by atoms with E-state index in [0.717, 1.165) is 30.6 Å². The van der Waals surface area contributed by atoms with E-state index in [-0.39, 0.29) is 5.60 Å². The summed E-state index contributed by atoms with van der Waals surface area (Å²) in [4.78, 5) is 4.01. The first-order valence-electron chi connectivity index (χ1n) is 7.84. The number of ether oxygens (including phenoxy) is 1. The first-order chi connectivity index (χ1) is 10.1. The van der Waals surface area contributed by atoms with Crippen molar-refractivity contribution in [1.29, 1.82) is 0 Å². The molecule has 0 bridgehead atoms. The van der Waals surface area contributed by atoms with Crippen LogP contribution < -0.4 is 0 Å². The van der Waals surface area contributed by atoms with Crippen LogP contribution in [0, 0.1) is 17.8 Å². The largest absolute Gasteiger partial charge is 0.493 e. The van der Waals surface area contributed by atoms with E-state index in [1.165, 1.54) is 0 Å². The van der Waals surface area contributed by atoms with Gasteiger partial charge in [-0.15, -0.1) is 0 Å². The number of rotatable bonds is 4. The second-order valence-electron chi connectivity index (χ2n) is 7.41. The number of halogens is 2. The van der Waals surface area contributed by atoms with Crippen molar-refractivity contribution in [1.82, 2.24) is 4.98 Å². The van der Waals surface area contributed by atoms with Gasteiger partial charge in [0.15, 0.2) is 0 Å². The summed E-state index contributed by atoms with van der Waals surface area (Å²) in [5, 5.41) is 0.926. The number of aromatic nitrogens is 1. The van der Waals surface area contributed by atoms with Crippen LogP contribution in [-0.4, -0.2) is 10.6 Å². The SMILES string of the molecule is C=C(OC(C)(C)C)C1CC(C)C(Cc2cc(Cl)nc(Cl)c2)C1. The number of hydrogen-bond donors (Lipinski definition) is 0. The van der Waals surface area contributed by atoms with E-state index in [9.17, 15) is 0 Å². The molecule has 122 valence electrons. The summed E-state index contributed by atoms with van der Waals surface area (Å²) in [5.74, 6) is 2.59. The van der Waals surface area contributed by atoms with Crippen LogP contribution in [0.5, 0.6) is 0 Å². The Morgan fingerprint density at radius 3 is 2.41 bits per heavy atom. The normalized spacial score (nSPS) is 25.3. The molecule has 0 amide bonds. The minimum atomic E-state index is -0.176. The van der Waals surface area contributed by atoms with E-state index in [1.54, 1.807) is 0 Å². The van der Waals surface area contributed by atoms with E-state index in [1.807, 2.05) is 12.1 Å². The molecule has 1 aliphatic carbocycles. The van der Waals surface area contributed by atoms with Crippen molar-refractivity contribution in [2.24, 2.45) is 17.8 Å². The van der Waals surface area contributed by atoms with Crippen LogP contribution in [0.2, 0.25) is 10.3 Å². The van der Waals surface area contributed by atoms with Crippen molar-refractivity contribution in [3.63, 3.8) is 0 Å². The average molecular weight is 342 g/mol. The molecule has 1 fully saturated rings. The molecule has 0 aliphatic heterocycles. The Kier molecular flexibility index (Phi) is 5.45. The molecule has 3 unspecified atom stereocenters. The third-order valence-electron chi connectivity index (χ3n) is 4.26. The summed E-state index contributed by atoms with van der Waals surface area (Å²) >= 11 is 12.0. The van der Waals surface area contributed by atoms with Gasteiger partial charge in [0.1, 0.15) is 15.9 Å². The van der Waals surface area contributed by atoms with Crippen LogP contribution in [0.25, 0.3) is 0 Å². The van der Waals surface area contributed by atoms with Crippen LogP contribution in [0.15, 0.2) is 24.5 Å². The number of allylic oxidation sites excluding steroid dienone is 1. The first kappa shape index (κ1) is 17.6. The van der Waals surface area contributed by atoms with Gasteiger partial charge in [0.2, 0.25) is 0 Å². The molecule has 22 heavy (non-hydrogen) atoms. The van der Waals surface area contributed by atoms with E-state index in [0.29, 0.717) is 28.1 Å². The van der Waals surface area contributed by atoms with E-state index in [4.69, 9.17) is 27.9 Å². The van der Waals surface area contributed by atoms with Gasteiger partial charge in [-0.05, 0) is 69.6 Å². The Bertz CT molecular complexity index is 530. The number of nitrogens with zero attached hydrogens (tertiary/aromatic N) is 1. The molecule has 2 nitrogen and oxygen atoms in total. The fourth-order valence-electron chi connectivity index (χ4n) is 3.29. The van der Waals surface area contributed by atoms with Gasteiger partial charge in [-0.3, -0.25) is 0 Å². The Balaban J connectivity index is 2.00. The van der Waals surface area contributed by atoms with Crippen molar-refractivity contribution in [2.45, 2.75) is 52.6 Å². The van der Waals surface area contributed by atoms with Crippen LogP contribution in [0.4, 0.5) is 0 Å². The molecular formula is C18H25Cl2NO. The predicted octanol–water partition coefficient (Wildman–Crippen LogP) is 5.92. The molecule has 3 atom stereocenters. The first-order valence-corrected chi connectivity index (χ1v) is 8.59. The predicted molar refractivity (Wildman–Crippen MR) is 93.3 cm³/mol. The van der Waals surface area contributed by atoms with Gasteiger partial charge in [-0.25, -0.2) is 4.98 Å². The minimum Gasteiger partial charge on any atom is -0.493 e. The highest BCUT2D eigenvalue weighted by molar-refractivity contribution is 6.32. The lowest BCUT2D eigenvalue weighted by Crippen LogP contribution is -2.21. The van der Waals surface area contributed by atoms with Crippen molar-refractivity contribution in [2.75, 3.05) is 0 Å². The van der Waals surface area contributed by atoms with Crippen molar-refractivity contribution < 1.29 is 4.74 Å². The van der Waals surface area contributed by atoms with E-state index in [2.05, 4.69) is 39.3 Å². The lowest BCUT2D eigenvalue weighted by Gasteiger charge is -2.26. The monoisotopic (exact) mass is 341 g/mol. The summed E-state index contributed by atoms with van der Waals surface area (Å²) in [6.45, 7) is 12.7. The molecule has 1 saturated carbocycles. The quantitative estimate of drug-likeness (QED) is 0.500. The minimum absolute atomic E-state index is 0.176. The maximum atomic E-state index is 5.99. The summed E-state index contributed by atoms with van der Waals surface area (Å²) in [6.07, 6.45) is 3.21. The second-order valence-corrected chi connectivity index (χ2v) is 8.19. The zero-order valence-corrected chi connectivity index (χ0v) is 15.3. The zero-order valence-electron chi connectivity index (χ0n) is 13.8. The zero-order chi connectivity index (χ0) is 16.5. The fraction of sp³-hybridized carbons (Fsp3) is 0.611. The molecule has 0 saturated heterocycles. The summed E-state index contributed by atoms with van der Waals surface area (Å²) in [7, 11) is 0. The third kappa shape index (κ3) is 4.89. The Morgan fingerprint density at radius 2 is 1.86 bits per heavy atom.